The maximum absolute atomic E-state index is 9.23. The molecule has 0 aliphatic carbocycles. The highest BCUT2D eigenvalue weighted by atomic mass is 16.5. The first-order valence-corrected chi connectivity index (χ1v) is 6.04. The Morgan fingerprint density at radius 1 is 1.11 bits per heavy atom. The van der Waals surface area contributed by atoms with Gasteiger partial charge in [0.05, 0.1) is 0 Å². The number of phenols is 1. The smallest absolute Gasteiger partial charge is 0.257 e. The molecule has 0 amide bonds. The number of nitrogens with zero attached hydrogens (tertiary/aromatic N) is 2. The van der Waals surface area contributed by atoms with E-state index in [2.05, 4.69) is 10.1 Å². The Morgan fingerprint density at radius 3 is 2.56 bits per heavy atom. The molecule has 1 fully saturated rings. The van der Waals surface area contributed by atoms with Gasteiger partial charge < -0.3 is 14.4 Å². The topological polar surface area (TPSA) is 68.4 Å². The minimum Gasteiger partial charge on any atom is -0.508 e. The molecular weight excluding hydrogens is 232 g/mol. The summed E-state index contributed by atoms with van der Waals surface area (Å²) in [5.74, 6) is 1.80. The second kappa shape index (κ2) is 4.78. The molecule has 1 aliphatic rings. The van der Waals surface area contributed by atoms with E-state index in [0.717, 1.165) is 37.4 Å². The van der Waals surface area contributed by atoms with Crippen LogP contribution in [0.1, 0.15) is 24.6 Å². The quantitative estimate of drug-likeness (QED) is 0.880. The van der Waals surface area contributed by atoms with Crippen molar-refractivity contribution >= 4 is 0 Å². The van der Waals surface area contributed by atoms with Gasteiger partial charge in [0.2, 0.25) is 0 Å². The Labute approximate surface area is 104 Å². The molecule has 1 aliphatic heterocycles. The van der Waals surface area contributed by atoms with Crippen molar-refractivity contribution in [3.63, 3.8) is 0 Å². The largest absolute Gasteiger partial charge is 0.508 e. The van der Waals surface area contributed by atoms with Gasteiger partial charge in [-0.05, 0) is 37.1 Å². The van der Waals surface area contributed by atoms with Gasteiger partial charge in [-0.3, -0.25) is 0 Å². The molecular formula is C13H14N2O3. The first kappa shape index (κ1) is 11.2. The normalized spacial score (nSPS) is 16.9. The number of benzene rings is 1. The number of phenolic OH excluding ortho intramolecular Hbond substituents is 1. The van der Waals surface area contributed by atoms with Crippen LogP contribution in [0.4, 0.5) is 0 Å². The molecule has 0 radical (unpaired) electrons. The lowest BCUT2D eigenvalue weighted by Crippen LogP contribution is -2.15. The molecule has 18 heavy (non-hydrogen) atoms. The predicted octanol–water partition coefficient (Wildman–Crippen LogP) is 2.34. The summed E-state index contributed by atoms with van der Waals surface area (Å²) >= 11 is 0. The number of aromatic nitrogens is 2. The second-order valence-electron chi connectivity index (χ2n) is 4.39. The monoisotopic (exact) mass is 246 g/mol. The van der Waals surface area contributed by atoms with Gasteiger partial charge in [0, 0.05) is 24.7 Å². The molecule has 1 N–H and O–H groups in total. The SMILES string of the molecule is Oc1ccc(-c2nc(C3CCOCC3)no2)cc1. The molecule has 0 bridgehead atoms. The van der Waals surface area contributed by atoms with Gasteiger partial charge in [-0.15, -0.1) is 0 Å². The van der Waals surface area contributed by atoms with Crippen molar-refractivity contribution in [2.75, 3.05) is 13.2 Å². The molecule has 2 heterocycles. The number of hydrogen-bond donors (Lipinski definition) is 1. The fourth-order valence-electron chi connectivity index (χ4n) is 2.08. The van der Waals surface area contributed by atoms with E-state index in [0.29, 0.717) is 11.8 Å². The summed E-state index contributed by atoms with van der Waals surface area (Å²) < 4.78 is 10.6. The predicted molar refractivity (Wildman–Crippen MR) is 64.2 cm³/mol. The summed E-state index contributed by atoms with van der Waals surface area (Å²) in [6.45, 7) is 1.52. The number of hydrogen-bond acceptors (Lipinski definition) is 5. The highest BCUT2D eigenvalue weighted by Crippen LogP contribution is 2.27. The minimum absolute atomic E-state index is 0.225. The van der Waals surface area contributed by atoms with Crippen LogP contribution in [-0.2, 0) is 4.74 Å². The Hall–Kier alpha value is -1.88. The minimum atomic E-state index is 0.225. The second-order valence-corrected chi connectivity index (χ2v) is 4.39. The van der Waals surface area contributed by atoms with Gasteiger partial charge >= 0.3 is 0 Å². The molecule has 1 aromatic heterocycles. The summed E-state index contributed by atoms with van der Waals surface area (Å²) in [7, 11) is 0. The summed E-state index contributed by atoms with van der Waals surface area (Å²) in [6, 6.07) is 6.73. The van der Waals surface area contributed by atoms with Crippen molar-refractivity contribution in [1.82, 2.24) is 10.1 Å². The molecule has 0 spiro atoms. The van der Waals surface area contributed by atoms with Crippen LogP contribution in [0.3, 0.4) is 0 Å². The zero-order valence-electron chi connectivity index (χ0n) is 9.87. The van der Waals surface area contributed by atoms with E-state index in [9.17, 15) is 5.11 Å². The fraction of sp³-hybridized carbons (Fsp3) is 0.385. The van der Waals surface area contributed by atoms with Crippen LogP contribution in [0.25, 0.3) is 11.5 Å². The number of rotatable bonds is 2. The number of aromatic hydroxyl groups is 1. The van der Waals surface area contributed by atoms with Crippen molar-refractivity contribution in [3.05, 3.63) is 30.1 Å². The molecule has 0 atom stereocenters. The van der Waals surface area contributed by atoms with Crippen LogP contribution < -0.4 is 0 Å². The molecule has 3 rings (SSSR count). The average Bonchev–Trinajstić information content (AvgIpc) is 2.90. The summed E-state index contributed by atoms with van der Waals surface area (Å²) in [5, 5.41) is 13.3. The van der Waals surface area contributed by atoms with Crippen molar-refractivity contribution in [2.45, 2.75) is 18.8 Å². The van der Waals surface area contributed by atoms with E-state index in [1.54, 1.807) is 24.3 Å². The fourth-order valence-corrected chi connectivity index (χ4v) is 2.08. The van der Waals surface area contributed by atoms with Gasteiger partial charge in [0.1, 0.15) is 5.75 Å². The lowest BCUT2D eigenvalue weighted by molar-refractivity contribution is 0.0830. The highest BCUT2D eigenvalue weighted by molar-refractivity contribution is 5.54. The Kier molecular flexibility index (Phi) is 2.98. The van der Waals surface area contributed by atoms with Crippen LogP contribution in [0.2, 0.25) is 0 Å². The lowest BCUT2D eigenvalue weighted by atomic mass is 10.00. The van der Waals surface area contributed by atoms with E-state index in [1.807, 2.05) is 0 Å². The number of ether oxygens (including phenoxy) is 1. The maximum Gasteiger partial charge on any atom is 0.257 e. The van der Waals surface area contributed by atoms with E-state index >= 15 is 0 Å². The maximum atomic E-state index is 9.23. The average molecular weight is 246 g/mol. The third kappa shape index (κ3) is 2.22. The zero-order chi connectivity index (χ0) is 12.4. The van der Waals surface area contributed by atoms with Crippen LogP contribution >= 0.6 is 0 Å². The van der Waals surface area contributed by atoms with Gasteiger partial charge in [0.15, 0.2) is 5.82 Å². The molecule has 5 heteroatoms. The van der Waals surface area contributed by atoms with Crippen molar-refractivity contribution in [2.24, 2.45) is 0 Å². The van der Waals surface area contributed by atoms with Crippen molar-refractivity contribution in [3.8, 4) is 17.2 Å². The summed E-state index contributed by atoms with van der Waals surface area (Å²) in [6.07, 6.45) is 1.88. The van der Waals surface area contributed by atoms with E-state index < -0.39 is 0 Å². The Balaban J connectivity index is 1.82. The summed E-state index contributed by atoms with van der Waals surface area (Å²) in [4.78, 5) is 4.42. The van der Waals surface area contributed by atoms with Gasteiger partial charge in [0.25, 0.3) is 5.89 Å². The molecule has 1 aromatic carbocycles. The van der Waals surface area contributed by atoms with Gasteiger partial charge in [-0.1, -0.05) is 5.16 Å². The zero-order valence-corrected chi connectivity index (χ0v) is 9.87. The molecule has 0 saturated carbocycles. The van der Waals surface area contributed by atoms with Gasteiger partial charge in [-0.25, -0.2) is 0 Å². The molecule has 1 saturated heterocycles. The molecule has 0 unspecified atom stereocenters. The van der Waals surface area contributed by atoms with E-state index in [-0.39, 0.29) is 5.75 Å². The standard InChI is InChI=1S/C13H14N2O3/c16-11-3-1-10(2-4-11)13-14-12(15-18-13)9-5-7-17-8-6-9/h1-4,9,16H,5-8H2. The molecule has 94 valence electrons. The first-order chi connectivity index (χ1) is 8.83. The van der Waals surface area contributed by atoms with Crippen LogP contribution in [0.15, 0.2) is 28.8 Å². The van der Waals surface area contributed by atoms with Crippen molar-refractivity contribution in [1.29, 1.82) is 0 Å². The Bertz CT molecular complexity index is 515. The van der Waals surface area contributed by atoms with Gasteiger partial charge in [-0.2, -0.15) is 4.98 Å². The third-order valence-corrected chi connectivity index (χ3v) is 3.14. The summed E-state index contributed by atoms with van der Waals surface area (Å²) in [5.41, 5.74) is 0.818. The molecule has 2 aromatic rings. The van der Waals surface area contributed by atoms with E-state index in [1.165, 1.54) is 0 Å². The highest BCUT2D eigenvalue weighted by Gasteiger charge is 2.21. The van der Waals surface area contributed by atoms with Crippen LogP contribution in [-0.4, -0.2) is 28.5 Å². The van der Waals surface area contributed by atoms with Crippen LogP contribution in [0, 0.1) is 0 Å². The lowest BCUT2D eigenvalue weighted by Gasteiger charge is -2.18. The Morgan fingerprint density at radius 2 is 1.83 bits per heavy atom. The van der Waals surface area contributed by atoms with Crippen LogP contribution in [0.5, 0.6) is 5.75 Å². The first-order valence-electron chi connectivity index (χ1n) is 6.04. The third-order valence-electron chi connectivity index (χ3n) is 3.14. The van der Waals surface area contributed by atoms with E-state index in [4.69, 9.17) is 9.26 Å². The van der Waals surface area contributed by atoms with Crippen molar-refractivity contribution < 1.29 is 14.4 Å². The molecule has 5 nitrogen and oxygen atoms in total.